The quantitative estimate of drug-likeness (QED) is 0.0709. The van der Waals surface area contributed by atoms with Crippen molar-refractivity contribution in [2.45, 2.75) is 221 Å². The largest absolute Gasteiger partial charge is 0.460 e. The van der Waals surface area contributed by atoms with Gasteiger partial charge in [0, 0.05) is 6.42 Å². The van der Waals surface area contributed by atoms with Crippen molar-refractivity contribution < 1.29 is 14.6 Å². The van der Waals surface area contributed by atoms with Gasteiger partial charge < -0.3 is 9.84 Å². The molecule has 0 amide bonds. The van der Waals surface area contributed by atoms with Crippen LogP contribution in [0.1, 0.15) is 208 Å². The van der Waals surface area contributed by atoms with E-state index >= 15 is 0 Å². The number of hydrogen-bond donors (Lipinski definition) is 1. The van der Waals surface area contributed by atoms with Crippen molar-refractivity contribution in [1.29, 1.82) is 0 Å². The lowest BCUT2D eigenvalue weighted by atomic mass is 9.47. The highest BCUT2D eigenvalue weighted by molar-refractivity contribution is 5.74. The smallest absolute Gasteiger partial charge is 0.335 e. The third-order valence-corrected chi connectivity index (χ3v) is 14.6. The lowest BCUT2D eigenvalue weighted by Gasteiger charge is -2.58. The van der Waals surface area contributed by atoms with Crippen LogP contribution in [0.4, 0.5) is 0 Å². The van der Waals surface area contributed by atoms with Gasteiger partial charge >= 0.3 is 5.97 Å². The van der Waals surface area contributed by atoms with E-state index in [2.05, 4.69) is 47.6 Å². The minimum Gasteiger partial charge on any atom is -0.460 e. The number of carbonyl (C=O) groups is 1. The van der Waals surface area contributed by atoms with E-state index in [0.717, 1.165) is 67.6 Å². The Morgan fingerprint density at radius 2 is 1.40 bits per heavy atom. The maximum atomic E-state index is 12.9. The molecule has 0 aromatic carbocycles. The predicted molar refractivity (Wildman–Crippen MR) is 204 cm³/mol. The molecule has 4 aliphatic carbocycles. The van der Waals surface area contributed by atoms with Gasteiger partial charge in [-0.2, -0.15) is 0 Å². The molecule has 0 heterocycles. The van der Waals surface area contributed by atoms with Gasteiger partial charge in [0.25, 0.3) is 0 Å². The number of allylic oxidation sites excluding steroid dienone is 1. The van der Waals surface area contributed by atoms with Gasteiger partial charge in [0.15, 0.2) is 6.10 Å². The molecular weight excluding hydrogens is 588 g/mol. The number of rotatable bonds is 22. The molecule has 0 radical (unpaired) electrons. The van der Waals surface area contributed by atoms with Crippen molar-refractivity contribution in [2.75, 3.05) is 0 Å². The molecule has 278 valence electrons. The van der Waals surface area contributed by atoms with Crippen LogP contribution in [0.2, 0.25) is 0 Å². The van der Waals surface area contributed by atoms with Crippen LogP contribution in [-0.4, -0.2) is 23.3 Å². The third-order valence-electron chi connectivity index (χ3n) is 14.6. The van der Waals surface area contributed by atoms with Crippen LogP contribution < -0.4 is 0 Å². The standard InChI is InChI=1S/C45H80O3/c1-7-8-9-10-11-12-13-14-15-16-17-18-19-20-24-42(46)43(47)48-37-29-31-44(5)36(33-37)25-26-38-40-28-27-39(35(4)23-21-22-34(2)3)45(40,6)32-30-41(38)44/h25,34-35,37-42,46H,7-24,26-33H2,1-6H3/t35-,37?,38?,39-,40?,41?,42?,44+,45-/m1/s1. The number of fused-ring (bicyclic) bond motifs is 5. The fourth-order valence-electron chi connectivity index (χ4n) is 11.6. The molecule has 3 saturated carbocycles. The van der Waals surface area contributed by atoms with E-state index in [0.29, 0.717) is 11.8 Å². The van der Waals surface area contributed by atoms with Crippen LogP contribution >= 0.6 is 0 Å². The first kappa shape index (κ1) is 39.9. The predicted octanol–water partition coefficient (Wildman–Crippen LogP) is 13.2. The molecule has 1 N–H and O–H groups in total. The number of aliphatic hydroxyl groups excluding tert-OH is 1. The second-order valence-electron chi connectivity index (χ2n) is 18.5. The molecule has 9 atom stereocenters. The van der Waals surface area contributed by atoms with Crippen molar-refractivity contribution in [1.82, 2.24) is 0 Å². The topological polar surface area (TPSA) is 46.5 Å². The lowest BCUT2D eigenvalue weighted by Crippen LogP contribution is -2.51. The minimum absolute atomic E-state index is 0.0595. The summed E-state index contributed by atoms with van der Waals surface area (Å²) in [7, 11) is 0. The molecule has 0 aromatic heterocycles. The van der Waals surface area contributed by atoms with Gasteiger partial charge in [0.1, 0.15) is 6.10 Å². The summed E-state index contributed by atoms with van der Waals surface area (Å²) in [6.45, 7) is 14.8. The molecule has 48 heavy (non-hydrogen) atoms. The molecule has 3 fully saturated rings. The van der Waals surface area contributed by atoms with E-state index in [4.69, 9.17) is 4.74 Å². The molecule has 5 unspecified atom stereocenters. The van der Waals surface area contributed by atoms with E-state index in [1.165, 1.54) is 128 Å². The average Bonchev–Trinajstić information content (AvgIpc) is 3.42. The Morgan fingerprint density at radius 1 is 0.771 bits per heavy atom. The van der Waals surface area contributed by atoms with Crippen LogP contribution in [0.3, 0.4) is 0 Å². The Kier molecular flexibility index (Phi) is 16.4. The SMILES string of the molecule is CCCCCCCCCCCCCCCCC(O)C(=O)OC1CC[C@@]2(C)C(=CCC3C2CC[C@@]2(C)C3CC[C@@H]2[C@H](C)CCCC(C)C)C1. The number of carbonyl (C=O) groups excluding carboxylic acids is 1. The Bertz CT molecular complexity index is 969. The molecule has 4 rings (SSSR count). The maximum Gasteiger partial charge on any atom is 0.335 e. The van der Waals surface area contributed by atoms with Crippen LogP contribution in [-0.2, 0) is 9.53 Å². The number of esters is 1. The second kappa shape index (κ2) is 19.7. The Morgan fingerprint density at radius 3 is 2.02 bits per heavy atom. The van der Waals surface area contributed by atoms with Crippen LogP contribution in [0.5, 0.6) is 0 Å². The van der Waals surface area contributed by atoms with Gasteiger partial charge in [-0.05, 0) is 97.7 Å². The fraction of sp³-hybridized carbons (Fsp3) is 0.933. The fourth-order valence-corrected chi connectivity index (χ4v) is 11.6. The summed E-state index contributed by atoms with van der Waals surface area (Å²) < 4.78 is 6.00. The summed E-state index contributed by atoms with van der Waals surface area (Å²) in [5.74, 6) is 4.70. The maximum absolute atomic E-state index is 12.9. The normalized spacial score (nSPS) is 32.7. The third kappa shape index (κ3) is 10.6. The van der Waals surface area contributed by atoms with E-state index in [-0.39, 0.29) is 17.5 Å². The first-order valence-corrected chi connectivity index (χ1v) is 21.7. The Hall–Kier alpha value is -0.830. The summed E-state index contributed by atoms with van der Waals surface area (Å²) in [5, 5.41) is 10.6. The van der Waals surface area contributed by atoms with Crippen molar-refractivity contribution in [3.05, 3.63) is 11.6 Å². The molecule has 0 spiro atoms. The number of unbranched alkanes of at least 4 members (excludes halogenated alkanes) is 13. The van der Waals surface area contributed by atoms with Gasteiger partial charge in [-0.3, -0.25) is 0 Å². The molecule has 4 aliphatic rings. The summed E-state index contributed by atoms with van der Waals surface area (Å²) in [6, 6.07) is 0. The summed E-state index contributed by atoms with van der Waals surface area (Å²) >= 11 is 0. The zero-order chi connectivity index (χ0) is 34.6. The summed E-state index contributed by atoms with van der Waals surface area (Å²) in [5.41, 5.74) is 2.35. The van der Waals surface area contributed by atoms with Gasteiger partial charge in [-0.1, -0.05) is 162 Å². The lowest BCUT2D eigenvalue weighted by molar-refractivity contribution is -0.161. The van der Waals surface area contributed by atoms with Gasteiger partial charge in [0.2, 0.25) is 0 Å². The Labute approximate surface area is 298 Å². The molecular formula is C45H80O3. The van der Waals surface area contributed by atoms with Gasteiger partial charge in [-0.15, -0.1) is 0 Å². The molecule has 3 heteroatoms. The van der Waals surface area contributed by atoms with Crippen molar-refractivity contribution >= 4 is 5.97 Å². The van der Waals surface area contributed by atoms with E-state index in [9.17, 15) is 9.90 Å². The first-order valence-electron chi connectivity index (χ1n) is 21.7. The van der Waals surface area contributed by atoms with Crippen LogP contribution in [0, 0.1) is 46.3 Å². The number of ether oxygens (including phenoxy) is 1. The highest BCUT2D eigenvalue weighted by Gasteiger charge is 2.59. The van der Waals surface area contributed by atoms with Crippen LogP contribution in [0.25, 0.3) is 0 Å². The zero-order valence-electron chi connectivity index (χ0n) is 32.8. The highest BCUT2D eigenvalue weighted by Crippen LogP contribution is 2.67. The second-order valence-corrected chi connectivity index (χ2v) is 18.5. The molecule has 0 aliphatic heterocycles. The van der Waals surface area contributed by atoms with Gasteiger partial charge in [0.05, 0.1) is 0 Å². The van der Waals surface area contributed by atoms with E-state index in [1.807, 2.05) is 0 Å². The van der Waals surface area contributed by atoms with E-state index < -0.39 is 6.10 Å². The van der Waals surface area contributed by atoms with Gasteiger partial charge in [-0.25, -0.2) is 4.79 Å². The van der Waals surface area contributed by atoms with Crippen molar-refractivity contribution in [3.63, 3.8) is 0 Å². The van der Waals surface area contributed by atoms with Crippen molar-refractivity contribution in [3.8, 4) is 0 Å². The monoisotopic (exact) mass is 669 g/mol. The van der Waals surface area contributed by atoms with Crippen molar-refractivity contribution in [2.24, 2.45) is 46.3 Å². The molecule has 0 aromatic rings. The van der Waals surface area contributed by atoms with E-state index in [1.54, 1.807) is 5.57 Å². The first-order chi connectivity index (χ1) is 23.1. The number of hydrogen-bond acceptors (Lipinski definition) is 3. The number of aliphatic hydroxyl groups is 1. The molecule has 3 nitrogen and oxygen atoms in total. The molecule has 0 bridgehead atoms. The van der Waals surface area contributed by atoms with Crippen LogP contribution in [0.15, 0.2) is 11.6 Å². The highest BCUT2D eigenvalue weighted by atomic mass is 16.6. The average molecular weight is 669 g/mol. The minimum atomic E-state index is -0.959. The summed E-state index contributed by atoms with van der Waals surface area (Å²) in [6.07, 6.45) is 34.6. The zero-order valence-corrected chi connectivity index (χ0v) is 32.8. The Balaban J connectivity index is 1.13. The summed E-state index contributed by atoms with van der Waals surface area (Å²) in [4.78, 5) is 12.9. The molecule has 0 saturated heterocycles.